The van der Waals surface area contributed by atoms with E-state index >= 15 is 0 Å². The number of benzene rings is 2. The van der Waals surface area contributed by atoms with Gasteiger partial charge in [-0.15, -0.1) is 10.2 Å². The van der Waals surface area contributed by atoms with Gasteiger partial charge in [0.05, 0.1) is 30.9 Å². The Morgan fingerprint density at radius 3 is 2.35 bits per heavy atom. The van der Waals surface area contributed by atoms with Crippen LogP contribution in [0.2, 0.25) is 0 Å². The van der Waals surface area contributed by atoms with Crippen molar-refractivity contribution in [2.75, 3.05) is 43.0 Å². The largest absolute Gasteiger partial charge is 0.496 e. The number of nitrogens with zero attached hydrogens (tertiary/aromatic N) is 3. The average molecular weight is 441 g/mol. The second kappa shape index (κ2) is 8.91. The van der Waals surface area contributed by atoms with Crippen molar-refractivity contribution >= 4 is 21.5 Å². The summed E-state index contributed by atoms with van der Waals surface area (Å²) in [5.41, 5.74) is 2.79. The second-order valence-electron chi connectivity index (χ2n) is 7.19. The summed E-state index contributed by atoms with van der Waals surface area (Å²) in [6, 6.07) is 15.7. The van der Waals surface area contributed by atoms with Crippen LogP contribution in [0.15, 0.2) is 59.5 Å². The van der Waals surface area contributed by atoms with E-state index in [2.05, 4.69) is 19.8 Å². The van der Waals surface area contributed by atoms with Crippen molar-refractivity contribution in [3.8, 4) is 17.0 Å². The van der Waals surface area contributed by atoms with Crippen molar-refractivity contribution in [3.05, 3.63) is 60.2 Å². The molecule has 1 aliphatic heterocycles. The van der Waals surface area contributed by atoms with E-state index in [0.717, 1.165) is 35.7 Å². The highest BCUT2D eigenvalue weighted by Gasteiger charge is 2.16. The molecule has 0 radical (unpaired) electrons. The lowest BCUT2D eigenvalue weighted by Crippen LogP contribution is -2.36. The number of morpholine rings is 1. The van der Waals surface area contributed by atoms with Crippen molar-refractivity contribution in [3.63, 3.8) is 0 Å². The fourth-order valence-corrected chi connectivity index (χ4v) is 4.52. The van der Waals surface area contributed by atoms with Crippen LogP contribution in [0.25, 0.3) is 11.3 Å². The monoisotopic (exact) mass is 440 g/mol. The molecule has 2 aromatic carbocycles. The highest BCUT2D eigenvalue weighted by atomic mass is 32.2. The van der Waals surface area contributed by atoms with Crippen molar-refractivity contribution in [2.24, 2.45) is 0 Å². The van der Waals surface area contributed by atoms with Crippen LogP contribution < -0.4 is 14.4 Å². The van der Waals surface area contributed by atoms with Crippen LogP contribution >= 0.6 is 0 Å². The molecule has 0 amide bonds. The van der Waals surface area contributed by atoms with Crippen LogP contribution in [-0.2, 0) is 14.8 Å². The Morgan fingerprint density at radius 1 is 1.00 bits per heavy atom. The molecule has 0 aliphatic carbocycles. The number of rotatable bonds is 6. The molecule has 0 atom stereocenters. The molecular formula is C22H24N4O4S. The first kappa shape index (κ1) is 21.1. The summed E-state index contributed by atoms with van der Waals surface area (Å²) < 4.78 is 38.6. The molecule has 0 saturated carbocycles. The van der Waals surface area contributed by atoms with Gasteiger partial charge in [0, 0.05) is 24.3 Å². The van der Waals surface area contributed by atoms with Gasteiger partial charge < -0.3 is 14.4 Å². The summed E-state index contributed by atoms with van der Waals surface area (Å²) in [5.74, 6) is 1.47. The van der Waals surface area contributed by atoms with Crippen LogP contribution in [0.4, 0.5) is 11.5 Å². The zero-order chi connectivity index (χ0) is 21.8. The molecule has 162 valence electrons. The molecule has 1 fully saturated rings. The Bertz CT molecular complexity index is 1140. The van der Waals surface area contributed by atoms with E-state index < -0.39 is 10.0 Å². The van der Waals surface area contributed by atoms with Gasteiger partial charge in [-0.1, -0.05) is 12.1 Å². The number of hydrogen-bond donors (Lipinski definition) is 1. The number of hydrogen-bond acceptors (Lipinski definition) is 7. The third-order valence-corrected chi connectivity index (χ3v) is 6.47. The third-order valence-electron chi connectivity index (χ3n) is 5.10. The van der Waals surface area contributed by atoms with Crippen molar-refractivity contribution in [1.82, 2.24) is 10.2 Å². The van der Waals surface area contributed by atoms with E-state index in [1.165, 1.54) is 6.07 Å². The second-order valence-corrected chi connectivity index (χ2v) is 8.87. The molecule has 31 heavy (non-hydrogen) atoms. The summed E-state index contributed by atoms with van der Waals surface area (Å²) in [5, 5.41) is 8.64. The smallest absolute Gasteiger partial charge is 0.261 e. The van der Waals surface area contributed by atoms with Gasteiger partial charge in [0.2, 0.25) is 0 Å². The molecule has 3 aromatic rings. The maximum Gasteiger partial charge on any atom is 0.261 e. The van der Waals surface area contributed by atoms with E-state index in [1.807, 2.05) is 24.3 Å². The molecule has 9 heteroatoms. The highest BCUT2D eigenvalue weighted by Crippen LogP contribution is 2.25. The van der Waals surface area contributed by atoms with Gasteiger partial charge in [-0.2, -0.15) is 0 Å². The molecule has 1 aliphatic rings. The highest BCUT2D eigenvalue weighted by molar-refractivity contribution is 7.92. The van der Waals surface area contributed by atoms with Crippen LogP contribution in [0, 0.1) is 6.92 Å². The topological polar surface area (TPSA) is 93.7 Å². The third kappa shape index (κ3) is 4.78. The quantitative estimate of drug-likeness (QED) is 0.629. The van der Waals surface area contributed by atoms with E-state index in [4.69, 9.17) is 9.47 Å². The summed E-state index contributed by atoms with van der Waals surface area (Å²) in [7, 11) is -2.15. The molecule has 1 N–H and O–H groups in total. The Hall–Kier alpha value is -3.17. The van der Waals surface area contributed by atoms with Gasteiger partial charge >= 0.3 is 0 Å². The molecule has 8 nitrogen and oxygen atoms in total. The van der Waals surface area contributed by atoms with Gasteiger partial charge in [-0.25, -0.2) is 8.42 Å². The van der Waals surface area contributed by atoms with Gasteiger partial charge in [0.1, 0.15) is 5.75 Å². The lowest BCUT2D eigenvalue weighted by Gasteiger charge is -2.27. The number of anilines is 2. The number of aromatic nitrogens is 2. The number of aryl methyl sites for hydroxylation is 1. The molecule has 1 saturated heterocycles. The fraction of sp³-hybridized carbons (Fsp3) is 0.273. The predicted octanol–water partition coefficient (Wildman–Crippen LogP) is 3.10. The normalized spacial score (nSPS) is 14.3. The fourth-order valence-electron chi connectivity index (χ4n) is 3.38. The van der Waals surface area contributed by atoms with Crippen molar-refractivity contribution in [2.45, 2.75) is 11.8 Å². The van der Waals surface area contributed by atoms with Crippen LogP contribution in [-0.4, -0.2) is 52.0 Å². The number of sulfonamides is 1. The standard InChI is InChI=1S/C22H24N4O4S/c1-16-15-19(7-9-21(16)29-2)31(27,28)25-18-5-3-17(4-6-18)20-8-10-22(24-23-20)26-11-13-30-14-12-26/h3-10,15,25H,11-14H2,1-2H3. The Kier molecular flexibility index (Phi) is 6.06. The molecule has 2 heterocycles. The van der Waals surface area contributed by atoms with E-state index in [1.54, 1.807) is 38.3 Å². The maximum atomic E-state index is 12.7. The van der Waals surface area contributed by atoms with Crippen molar-refractivity contribution in [1.29, 1.82) is 0 Å². The lowest BCUT2D eigenvalue weighted by atomic mass is 10.1. The summed E-state index contributed by atoms with van der Waals surface area (Å²) in [6.07, 6.45) is 0. The minimum Gasteiger partial charge on any atom is -0.496 e. The SMILES string of the molecule is COc1ccc(S(=O)(=O)Nc2ccc(-c3ccc(N4CCOCC4)nn3)cc2)cc1C. The van der Waals surface area contributed by atoms with Crippen LogP contribution in [0.5, 0.6) is 5.75 Å². The van der Waals surface area contributed by atoms with Crippen LogP contribution in [0.1, 0.15) is 5.56 Å². The predicted molar refractivity (Wildman–Crippen MR) is 119 cm³/mol. The van der Waals surface area contributed by atoms with Gasteiger partial charge in [0.25, 0.3) is 10.0 Å². The number of nitrogens with one attached hydrogen (secondary N) is 1. The molecule has 0 unspecified atom stereocenters. The Balaban J connectivity index is 1.47. The Morgan fingerprint density at radius 2 is 1.74 bits per heavy atom. The van der Waals surface area contributed by atoms with E-state index in [0.29, 0.717) is 24.7 Å². The van der Waals surface area contributed by atoms with Gasteiger partial charge in [-0.05, 0) is 55.0 Å². The first-order valence-corrected chi connectivity index (χ1v) is 11.4. The first-order chi connectivity index (χ1) is 15.0. The first-order valence-electron chi connectivity index (χ1n) is 9.90. The zero-order valence-electron chi connectivity index (χ0n) is 17.4. The van der Waals surface area contributed by atoms with E-state index in [9.17, 15) is 8.42 Å². The summed E-state index contributed by atoms with van der Waals surface area (Å²) in [4.78, 5) is 2.32. The maximum absolute atomic E-state index is 12.7. The summed E-state index contributed by atoms with van der Waals surface area (Å²) in [6.45, 7) is 4.79. The molecule has 1 aromatic heterocycles. The average Bonchev–Trinajstić information content (AvgIpc) is 2.80. The summed E-state index contributed by atoms with van der Waals surface area (Å²) >= 11 is 0. The molecular weight excluding hydrogens is 416 g/mol. The molecule has 4 rings (SSSR count). The van der Waals surface area contributed by atoms with Gasteiger partial charge in [-0.3, -0.25) is 4.72 Å². The lowest BCUT2D eigenvalue weighted by molar-refractivity contribution is 0.122. The Labute approximate surface area is 181 Å². The number of methoxy groups -OCH3 is 1. The zero-order valence-corrected chi connectivity index (χ0v) is 18.2. The van der Waals surface area contributed by atoms with Crippen molar-refractivity contribution < 1.29 is 17.9 Å². The minimum atomic E-state index is -3.71. The van der Waals surface area contributed by atoms with Gasteiger partial charge in [0.15, 0.2) is 5.82 Å². The molecule has 0 bridgehead atoms. The van der Waals surface area contributed by atoms with E-state index in [-0.39, 0.29) is 4.90 Å². The van der Waals surface area contributed by atoms with Crippen LogP contribution in [0.3, 0.4) is 0 Å². The molecule has 0 spiro atoms. The number of ether oxygens (including phenoxy) is 2. The minimum absolute atomic E-state index is 0.180.